The number of fused-ring (bicyclic) bond motifs is 1. The zero-order valence-electron chi connectivity index (χ0n) is 18.6. The second-order valence-electron chi connectivity index (χ2n) is 8.38. The van der Waals surface area contributed by atoms with E-state index in [1.165, 1.54) is 0 Å². The first-order valence-corrected chi connectivity index (χ1v) is 10.9. The molecule has 2 aromatic heterocycles. The number of nitrogens with one attached hydrogen (secondary N) is 1. The van der Waals surface area contributed by atoms with E-state index in [9.17, 15) is 9.59 Å². The lowest BCUT2D eigenvalue weighted by atomic mass is 9.91. The van der Waals surface area contributed by atoms with E-state index >= 15 is 0 Å². The van der Waals surface area contributed by atoms with Crippen molar-refractivity contribution >= 4 is 17.1 Å². The van der Waals surface area contributed by atoms with E-state index in [-0.39, 0.29) is 17.8 Å². The summed E-state index contributed by atoms with van der Waals surface area (Å²) in [5, 5.41) is 4.31. The van der Waals surface area contributed by atoms with E-state index < -0.39 is 6.03 Å². The zero-order chi connectivity index (χ0) is 23.1. The fraction of sp³-hybridized carbons (Fsp3) is 0.292. The molecule has 9 heteroatoms. The van der Waals surface area contributed by atoms with Crippen molar-refractivity contribution in [3.63, 3.8) is 0 Å². The molecule has 0 spiro atoms. The van der Waals surface area contributed by atoms with Gasteiger partial charge in [-0.25, -0.2) is 14.3 Å². The standard InChI is InChI=1S/C24H26N6O3/c1-15-7-8-16(13-21(15)33-2)20-14-17(9-12-28(20)23(25)31)30-19-6-3-5-18(22(19)27-24(30)32)29-11-4-10-26-29/h3-8,10-11,13,17,20H,9,12,14H2,1-2H3,(H2,25,31)(H,27,32). The Labute approximate surface area is 190 Å². The molecule has 2 unspecified atom stereocenters. The molecular weight excluding hydrogens is 420 g/mol. The fourth-order valence-corrected chi connectivity index (χ4v) is 4.90. The number of para-hydroxylation sites is 1. The molecule has 3 N–H and O–H groups in total. The van der Waals surface area contributed by atoms with E-state index in [0.717, 1.165) is 33.6 Å². The molecule has 170 valence electrons. The van der Waals surface area contributed by atoms with Crippen molar-refractivity contribution in [3.05, 3.63) is 76.5 Å². The van der Waals surface area contributed by atoms with Crippen LogP contribution in [0, 0.1) is 6.92 Å². The number of carbonyl (C=O) groups excluding carboxylic acids is 1. The molecule has 4 aromatic rings. The number of benzene rings is 2. The van der Waals surface area contributed by atoms with Gasteiger partial charge in [-0.05, 0) is 55.2 Å². The van der Waals surface area contributed by atoms with Gasteiger partial charge in [-0.15, -0.1) is 0 Å². The number of hydrogen-bond donors (Lipinski definition) is 2. The number of likely N-dealkylation sites (tertiary alicyclic amines) is 1. The summed E-state index contributed by atoms with van der Waals surface area (Å²) < 4.78 is 9.03. The summed E-state index contributed by atoms with van der Waals surface area (Å²) in [6, 6.07) is 12.7. The third-order valence-corrected chi connectivity index (χ3v) is 6.52. The number of methoxy groups -OCH3 is 1. The van der Waals surface area contributed by atoms with Crippen LogP contribution in [-0.4, -0.2) is 43.9 Å². The number of H-pyrrole nitrogens is 1. The van der Waals surface area contributed by atoms with Crippen molar-refractivity contribution in [2.75, 3.05) is 13.7 Å². The number of amides is 2. The van der Waals surface area contributed by atoms with E-state index in [0.29, 0.717) is 19.4 Å². The molecule has 1 fully saturated rings. The quantitative estimate of drug-likeness (QED) is 0.501. The molecule has 3 heterocycles. The van der Waals surface area contributed by atoms with Crippen molar-refractivity contribution in [2.24, 2.45) is 5.73 Å². The average Bonchev–Trinajstić information content (AvgIpc) is 3.46. The molecule has 2 atom stereocenters. The molecule has 1 aliphatic rings. The minimum Gasteiger partial charge on any atom is -0.496 e. The number of piperidine rings is 1. The summed E-state index contributed by atoms with van der Waals surface area (Å²) in [5.74, 6) is 0.757. The number of rotatable bonds is 4. The SMILES string of the molecule is COc1cc(C2CC(n3c(=O)[nH]c4c(-n5cccn5)cccc43)CCN2C(N)=O)ccc1C. The number of aryl methyl sites for hydroxylation is 1. The summed E-state index contributed by atoms with van der Waals surface area (Å²) >= 11 is 0. The highest BCUT2D eigenvalue weighted by atomic mass is 16.5. The third kappa shape index (κ3) is 3.55. The van der Waals surface area contributed by atoms with Crippen LogP contribution < -0.4 is 16.2 Å². The molecule has 0 saturated carbocycles. The first-order valence-electron chi connectivity index (χ1n) is 10.9. The normalized spacial score (nSPS) is 18.5. The maximum atomic E-state index is 13.1. The summed E-state index contributed by atoms with van der Waals surface area (Å²) in [6.45, 7) is 2.43. The second-order valence-corrected chi connectivity index (χ2v) is 8.38. The highest BCUT2D eigenvalue weighted by Gasteiger charge is 2.34. The number of urea groups is 1. The Morgan fingerprint density at radius 2 is 2.09 bits per heavy atom. The van der Waals surface area contributed by atoms with Crippen LogP contribution in [0.15, 0.2) is 59.7 Å². The highest BCUT2D eigenvalue weighted by Crippen LogP contribution is 2.39. The molecule has 1 saturated heterocycles. The fourth-order valence-electron chi connectivity index (χ4n) is 4.90. The molecule has 2 aromatic carbocycles. The van der Waals surface area contributed by atoms with Gasteiger partial charge >= 0.3 is 11.7 Å². The number of ether oxygens (including phenoxy) is 1. The summed E-state index contributed by atoms with van der Waals surface area (Å²) in [6.07, 6.45) is 4.74. The molecule has 33 heavy (non-hydrogen) atoms. The van der Waals surface area contributed by atoms with Gasteiger partial charge in [-0.3, -0.25) is 4.57 Å². The minimum absolute atomic E-state index is 0.105. The van der Waals surface area contributed by atoms with Crippen molar-refractivity contribution in [3.8, 4) is 11.4 Å². The lowest BCUT2D eigenvalue weighted by Crippen LogP contribution is -2.45. The predicted molar refractivity (Wildman–Crippen MR) is 125 cm³/mol. The van der Waals surface area contributed by atoms with Crippen molar-refractivity contribution in [2.45, 2.75) is 31.8 Å². The molecule has 0 aliphatic carbocycles. The molecular formula is C24H26N6O3. The first-order chi connectivity index (χ1) is 16.0. The second kappa shape index (κ2) is 8.16. The summed E-state index contributed by atoms with van der Waals surface area (Å²) in [7, 11) is 1.63. The van der Waals surface area contributed by atoms with Crippen molar-refractivity contribution in [1.82, 2.24) is 24.2 Å². The van der Waals surface area contributed by atoms with Crippen LogP contribution in [0.1, 0.15) is 36.1 Å². The smallest absolute Gasteiger partial charge is 0.326 e. The first kappa shape index (κ1) is 20.9. The Hall–Kier alpha value is -4.01. The van der Waals surface area contributed by atoms with Gasteiger partial charge in [0.25, 0.3) is 0 Å². The maximum Gasteiger partial charge on any atom is 0.326 e. The lowest BCUT2D eigenvalue weighted by molar-refractivity contribution is 0.136. The Morgan fingerprint density at radius 3 is 2.82 bits per heavy atom. The van der Waals surface area contributed by atoms with E-state index in [1.807, 2.05) is 55.6 Å². The number of carbonyl (C=O) groups is 1. The summed E-state index contributed by atoms with van der Waals surface area (Å²) in [4.78, 5) is 30.0. The average molecular weight is 447 g/mol. The maximum absolute atomic E-state index is 13.1. The van der Waals surface area contributed by atoms with Crippen molar-refractivity contribution < 1.29 is 9.53 Å². The molecule has 5 rings (SSSR count). The molecule has 2 amide bonds. The predicted octanol–water partition coefficient (Wildman–Crippen LogP) is 3.29. The molecule has 9 nitrogen and oxygen atoms in total. The Morgan fingerprint density at radius 1 is 1.24 bits per heavy atom. The number of primary amides is 1. The number of nitrogens with zero attached hydrogens (tertiary/aromatic N) is 4. The van der Waals surface area contributed by atoms with E-state index in [1.54, 1.807) is 27.5 Å². The van der Waals surface area contributed by atoms with Gasteiger partial charge in [0.05, 0.1) is 29.9 Å². The number of aromatic nitrogens is 4. The van der Waals surface area contributed by atoms with E-state index in [2.05, 4.69) is 10.1 Å². The highest BCUT2D eigenvalue weighted by molar-refractivity contribution is 5.84. The molecule has 0 bridgehead atoms. The van der Waals surface area contributed by atoms with Crippen LogP contribution in [0.2, 0.25) is 0 Å². The van der Waals surface area contributed by atoms with Gasteiger partial charge in [0.15, 0.2) is 0 Å². The number of imidazole rings is 1. The topological polar surface area (TPSA) is 111 Å². The number of nitrogens with two attached hydrogens (primary N) is 1. The number of aromatic amines is 1. The lowest BCUT2D eigenvalue weighted by Gasteiger charge is -2.39. The van der Waals surface area contributed by atoms with Crippen LogP contribution in [0.5, 0.6) is 5.75 Å². The van der Waals surface area contributed by atoms with Crippen LogP contribution in [0.4, 0.5) is 4.79 Å². The van der Waals surface area contributed by atoms with Gasteiger partial charge < -0.3 is 20.4 Å². The van der Waals surface area contributed by atoms with Gasteiger partial charge in [-0.1, -0.05) is 18.2 Å². The minimum atomic E-state index is -0.467. The largest absolute Gasteiger partial charge is 0.496 e. The summed E-state index contributed by atoms with van der Waals surface area (Å²) in [5.41, 5.74) is 9.85. The van der Waals surface area contributed by atoms with Gasteiger partial charge in [-0.2, -0.15) is 5.10 Å². The van der Waals surface area contributed by atoms with Crippen LogP contribution >= 0.6 is 0 Å². The Balaban J connectivity index is 1.57. The van der Waals surface area contributed by atoms with Crippen LogP contribution in [0.3, 0.4) is 0 Å². The van der Waals surface area contributed by atoms with Gasteiger partial charge in [0, 0.05) is 25.0 Å². The molecule has 0 radical (unpaired) electrons. The van der Waals surface area contributed by atoms with Crippen molar-refractivity contribution in [1.29, 1.82) is 0 Å². The van der Waals surface area contributed by atoms with Crippen LogP contribution in [0.25, 0.3) is 16.7 Å². The Bertz CT molecular complexity index is 1370. The van der Waals surface area contributed by atoms with Gasteiger partial charge in [0.1, 0.15) is 5.75 Å². The van der Waals surface area contributed by atoms with Gasteiger partial charge in [0.2, 0.25) is 0 Å². The third-order valence-electron chi connectivity index (χ3n) is 6.52. The Kier molecular flexibility index (Phi) is 5.16. The molecule has 1 aliphatic heterocycles. The van der Waals surface area contributed by atoms with Crippen LogP contribution in [-0.2, 0) is 0 Å². The monoisotopic (exact) mass is 446 g/mol. The van der Waals surface area contributed by atoms with E-state index in [4.69, 9.17) is 10.5 Å². The number of hydrogen-bond acceptors (Lipinski definition) is 4. The zero-order valence-corrected chi connectivity index (χ0v) is 18.6.